The van der Waals surface area contributed by atoms with Crippen molar-refractivity contribution in [3.8, 4) is 11.3 Å². The molecule has 0 atom stereocenters. The van der Waals surface area contributed by atoms with E-state index < -0.39 is 5.97 Å². The summed E-state index contributed by atoms with van der Waals surface area (Å²) in [5, 5.41) is 9.63. The Bertz CT molecular complexity index is 640. The van der Waals surface area contributed by atoms with Gasteiger partial charge in [-0.1, -0.05) is 23.2 Å². The number of furan rings is 1. The van der Waals surface area contributed by atoms with Gasteiger partial charge in [-0.2, -0.15) is 0 Å². The molecule has 0 saturated heterocycles. The average molecular weight is 328 g/mol. The van der Waals surface area contributed by atoms with Gasteiger partial charge in [-0.15, -0.1) is 0 Å². The highest BCUT2D eigenvalue weighted by molar-refractivity contribution is 6.42. The molecule has 0 aliphatic rings. The highest BCUT2D eigenvalue weighted by atomic mass is 35.5. The lowest BCUT2D eigenvalue weighted by Crippen LogP contribution is -2.20. The number of aliphatic carboxylic acids is 1. The lowest BCUT2D eigenvalue weighted by atomic mass is 10.2. The van der Waals surface area contributed by atoms with E-state index in [1.165, 1.54) is 0 Å². The van der Waals surface area contributed by atoms with E-state index >= 15 is 0 Å². The molecular formula is C15H15Cl2NO3. The first-order valence-corrected chi connectivity index (χ1v) is 7.16. The number of nitrogens with zero attached hydrogens (tertiary/aromatic N) is 1. The van der Waals surface area contributed by atoms with E-state index in [4.69, 9.17) is 32.7 Å². The first kappa shape index (κ1) is 15.9. The lowest BCUT2D eigenvalue weighted by molar-refractivity contribution is -0.137. The molecule has 0 amide bonds. The van der Waals surface area contributed by atoms with Crippen LogP contribution in [0.25, 0.3) is 11.3 Å². The maximum atomic E-state index is 10.5. The normalized spacial score (nSPS) is 11.0. The summed E-state index contributed by atoms with van der Waals surface area (Å²) in [4.78, 5) is 12.4. The van der Waals surface area contributed by atoms with E-state index in [9.17, 15) is 4.79 Å². The van der Waals surface area contributed by atoms with Crippen molar-refractivity contribution in [2.75, 3.05) is 13.6 Å². The fraction of sp³-hybridized carbons (Fsp3) is 0.267. The molecule has 2 aromatic rings. The van der Waals surface area contributed by atoms with Crippen molar-refractivity contribution in [3.63, 3.8) is 0 Å². The van der Waals surface area contributed by atoms with Crippen molar-refractivity contribution in [1.82, 2.24) is 4.90 Å². The first-order chi connectivity index (χ1) is 9.95. The van der Waals surface area contributed by atoms with Gasteiger partial charge in [0.25, 0.3) is 0 Å². The average Bonchev–Trinajstić information content (AvgIpc) is 2.88. The number of benzene rings is 1. The molecule has 0 aliphatic heterocycles. The first-order valence-electron chi connectivity index (χ1n) is 6.40. The Labute approximate surface area is 132 Å². The second kappa shape index (κ2) is 6.98. The van der Waals surface area contributed by atoms with Crippen LogP contribution >= 0.6 is 23.2 Å². The van der Waals surface area contributed by atoms with Crippen molar-refractivity contribution in [2.24, 2.45) is 0 Å². The zero-order valence-corrected chi connectivity index (χ0v) is 13.0. The van der Waals surface area contributed by atoms with Gasteiger partial charge in [0, 0.05) is 12.1 Å². The van der Waals surface area contributed by atoms with Crippen molar-refractivity contribution in [1.29, 1.82) is 0 Å². The summed E-state index contributed by atoms with van der Waals surface area (Å²) in [6.07, 6.45) is 0.108. The van der Waals surface area contributed by atoms with Crippen molar-refractivity contribution in [3.05, 3.63) is 46.1 Å². The van der Waals surface area contributed by atoms with Crippen LogP contribution in [0.1, 0.15) is 12.2 Å². The topological polar surface area (TPSA) is 53.7 Å². The molecule has 1 heterocycles. The van der Waals surface area contributed by atoms with Crippen LogP contribution in [0.4, 0.5) is 0 Å². The van der Waals surface area contributed by atoms with Crippen molar-refractivity contribution in [2.45, 2.75) is 13.0 Å². The zero-order chi connectivity index (χ0) is 15.4. The van der Waals surface area contributed by atoms with Gasteiger partial charge < -0.3 is 9.52 Å². The Morgan fingerprint density at radius 2 is 2.00 bits per heavy atom. The summed E-state index contributed by atoms with van der Waals surface area (Å²) in [6.45, 7) is 1.02. The molecule has 0 aliphatic carbocycles. The molecule has 4 nitrogen and oxygen atoms in total. The summed E-state index contributed by atoms with van der Waals surface area (Å²) < 4.78 is 5.75. The molecule has 0 bridgehead atoms. The van der Waals surface area contributed by atoms with Gasteiger partial charge in [-0.25, -0.2) is 0 Å². The van der Waals surface area contributed by atoms with Crippen LogP contribution in [-0.4, -0.2) is 29.6 Å². The number of hydrogen-bond donors (Lipinski definition) is 1. The third-order valence-corrected chi connectivity index (χ3v) is 3.74. The minimum atomic E-state index is -0.808. The molecule has 1 aromatic heterocycles. The molecule has 0 unspecified atom stereocenters. The molecule has 2 rings (SSSR count). The van der Waals surface area contributed by atoms with Crippen LogP contribution in [0, 0.1) is 0 Å². The van der Waals surface area contributed by atoms with E-state index in [1.807, 2.05) is 30.1 Å². The summed E-state index contributed by atoms with van der Waals surface area (Å²) in [6, 6.07) is 9.04. The monoisotopic (exact) mass is 327 g/mol. The molecule has 0 radical (unpaired) electrons. The lowest BCUT2D eigenvalue weighted by Gasteiger charge is -2.13. The molecule has 112 valence electrons. The van der Waals surface area contributed by atoms with Gasteiger partial charge in [0.05, 0.1) is 23.0 Å². The molecular weight excluding hydrogens is 313 g/mol. The van der Waals surface area contributed by atoms with E-state index in [0.29, 0.717) is 28.9 Å². The van der Waals surface area contributed by atoms with Crippen LogP contribution in [0.3, 0.4) is 0 Å². The highest BCUT2D eigenvalue weighted by Gasteiger charge is 2.09. The van der Waals surface area contributed by atoms with Gasteiger partial charge >= 0.3 is 5.97 Å². The molecule has 0 fully saturated rings. The van der Waals surface area contributed by atoms with E-state index in [0.717, 1.165) is 11.3 Å². The van der Waals surface area contributed by atoms with Gasteiger partial charge in [-0.3, -0.25) is 9.69 Å². The van der Waals surface area contributed by atoms with Gasteiger partial charge in [0.1, 0.15) is 11.5 Å². The maximum absolute atomic E-state index is 10.5. The maximum Gasteiger partial charge on any atom is 0.304 e. The predicted octanol–water partition coefficient (Wildman–Crippen LogP) is 4.16. The number of carboxylic acid groups (broad SMARTS) is 1. The van der Waals surface area contributed by atoms with E-state index in [1.54, 1.807) is 12.1 Å². The van der Waals surface area contributed by atoms with Gasteiger partial charge in [-0.05, 0) is 37.4 Å². The standard InChI is InChI=1S/C15H15Cl2NO3/c1-18(7-6-15(19)20)9-11-3-5-14(21-11)10-2-4-12(16)13(17)8-10/h2-5,8H,6-7,9H2,1H3,(H,19,20). The predicted molar refractivity (Wildman–Crippen MR) is 82.8 cm³/mol. The minimum Gasteiger partial charge on any atom is -0.481 e. The molecule has 0 spiro atoms. The summed E-state index contributed by atoms with van der Waals surface area (Å²) in [5.41, 5.74) is 0.851. The quantitative estimate of drug-likeness (QED) is 0.865. The number of hydrogen-bond acceptors (Lipinski definition) is 3. The zero-order valence-electron chi connectivity index (χ0n) is 11.5. The SMILES string of the molecule is CN(CCC(=O)O)Cc1ccc(-c2ccc(Cl)c(Cl)c2)o1. The smallest absolute Gasteiger partial charge is 0.304 e. The Hall–Kier alpha value is -1.49. The molecule has 0 saturated carbocycles. The second-order valence-electron chi connectivity index (χ2n) is 4.78. The molecule has 1 N–H and O–H groups in total. The number of halogens is 2. The summed E-state index contributed by atoms with van der Waals surface area (Å²) in [7, 11) is 1.85. The fourth-order valence-corrected chi connectivity index (χ4v) is 2.20. The van der Waals surface area contributed by atoms with Crippen LogP contribution in [0.2, 0.25) is 10.0 Å². The molecule has 1 aromatic carbocycles. The van der Waals surface area contributed by atoms with Crippen LogP contribution < -0.4 is 0 Å². The van der Waals surface area contributed by atoms with Crippen LogP contribution in [-0.2, 0) is 11.3 Å². The summed E-state index contributed by atoms with van der Waals surface area (Å²) >= 11 is 11.9. The molecule has 21 heavy (non-hydrogen) atoms. The Balaban J connectivity index is 2.04. The Morgan fingerprint density at radius 3 is 2.67 bits per heavy atom. The van der Waals surface area contributed by atoms with Gasteiger partial charge in [0.15, 0.2) is 0 Å². The van der Waals surface area contributed by atoms with Crippen LogP contribution in [0.5, 0.6) is 0 Å². The third kappa shape index (κ3) is 4.49. The van der Waals surface area contributed by atoms with E-state index in [2.05, 4.69) is 0 Å². The largest absolute Gasteiger partial charge is 0.481 e. The number of carbonyl (C=O) groups is 1. The number of carboxylic acids is 1. The highest BCUT2D eigenvalue weighted by Crippen LogP contribution is 2.29. The second-order valence-corrected chi connectivity index (χ2v) is 5.59. The molecule has 6 heteroatoms. The Kier molecular flexibility index (Phi) is 5.28. The Morgan fingerprint density at radius 1 is 1.24 bits per heavy atom. The fourth-order valence-electron chi connectivity index (χ4n) is 1.90. The third-order valence-electron chi connectivity index (χ3n) is 3.00. The summed E-state index contributed by atoms with van der Waals surface area (Å²) in [5.74, 6) is 0.664. The van der Waals surface area contributed by atoms with E-state index in [-0.39, 0.29) is 6.42 Å². The minimum absolute atomic E-state index is 0.108. The van der Waals surface area contributed by atoms with Gasteiger partial charge in [0.2, 0.25) is 0 Å². The number of rotatable bonds is 6. The van der Waals surface area contributed by atoms with Crippen molar-refractivity contribution < 1.29 is 14.3 Å². The van der Waals surface area contributed by atoms with Crippen LogP contribution in [0.15, 0.2) is 34.7 Å². The van der Waals surface area contributed by atoms with Crippen molar-refractivity contribution >= 4 is 29.2 Å².